The topological polar surface area (TPSA) is 35.6 Å². The van der Waals surface area contributed by atoms with Crippen molar-refractivity contribution in [2.45, 2.75) is 20.4 Å². The second kappa shape index (κ2) is 3.81. The maximum atomic E-state index is 4.43. The van der Waals surface area contributed by atoms with Crippen molar-refractivity contribution >= 4 is 15.9 Å². The molecule has 2 aromatic rings. The van der Waals surface area contributed by atoms with Crippen LogP contribution in [0.3, 0.4) is 0 Å². The van der Waals surface area contributed by atoms with Crippen LogP contribution in [0.15, 0.2) is 16.7 Å². The zero-order valence-electron chi connectivity index (χ0n) is 9.03. The van der Waals surface area contributed by atoms with Gasteiger partial charge in [-0.25, -0.2) is 0 Å². The van der Waals surface area contributed by atoms with E-state index in [9.17, 15) is 0 Å². The van der Waals surface area contributed by atoms with Gasteiger partial charge in [-0.3, -0.25) is 9.36 Å². The minimum Gasteiger partial charge on any atom is -0.275 e. The minimum atomic E-state index is 0.721. The Balaban J connectivity index is 2.28. The Bertz CT molecular complexity index is 484. The van der Waals surface area contributed by atoms with Crippen molar-refractivity contribution in [1.82, 2.24) is 19.6 Å². The van der Waals surface area contributed by atoms with Crippen LogP contribution in [0.5, 0.6) is 0 Å². The van der Waals surface area contributed by atoms with Crippen molar-refractivity contribution in [2.24, 2.45) is 7.05 Å². The third-order valence-electron chi connectivity index (χ3n) is 2.37. The number of hydrogen-bond donors (Lipinski definition) is 0. The van der Waals surface area contributed by atoms with Crippen molar-refractivity contribution < 1.29 is 0 Å². The molecule has 0 aromatic carbocycles. The van der Waals surface area contributed by atoms with Crippen molar-refractivity contribution in [2.75, 3.05) is 0 Å². The molecule has 0 fully saturated rings. The normalized spacial score (nSPS) is 10.9. The van der Waals surface area contributed by atoms with Gasteiger partial charge in [0.05, 0.1) is 28.1 Å². The van der Waals surface area contributed by atoms with E-state index < -0.39 is 0 Å². The molecule has 2 heterocycles. The van der Waals surface area contributed by atoms with Gasteiger partial charge >= 0.3 is 0 Å². The van der Waals surface area contributed by atoms with Crippen molar-refractivity contribution in [3.8, 4) is 0 Å². The second-order valence-electron chi connectivity index (χ2n) is 3.62. The Labute approximate surface area is 97.0 Å². The summed E-state index contributed by atoms with van der Waals surface area (Å²) in [5.74, 6) is 0. The number of hydrogen-bond acceptors (Lipinski definition) is 2. The van der Waals surface area contributed by atoms with E-state index in [4.69, 9.17) is 0 Å². The summed E-state index contributed by atoms with van der Waals surface area (Å²) in [5, 5.41) is 8.76. The first kappa shape index (κ1) is 10.4. The fraction of sp³-hybridized carbons (Fsp3) is 0.400. The summed E-state index contributed by atoms with van der Waals surface area (Å²) in [6.07, 6.45) is 1.94. The summed E-state index contributed by atoms with van der Waals surface area (Å²) >= 11 is 3.51. The van der Waals surface area contributed by atoms with E-state index in [2.05, 4.69) is 26.1 Å². The van der Waals surface area contributed by atoms with Crippen LogP contribution >= 0.6 is 15.9 Å². The van der Waals surface area contributed by atoms with E-state index in [1.807, 2.05) is 37.8 Å². The zero-order valence-corrected chi connectivity index (χ0v) is 10.6. The van der Waals surface area contributed by atoms with Crippen LogP contribution in [0.25, 0.3) is 0 Å². The van der Waals surface area contributed by atoms with Crippen LogP contribution in [0.1, 0.15) is 17.1 Å². The third kappa shape index (κ3) is 1.97. The molecular formula is C10H13BrN4. The molecule has 0 aliphatic heterocycles. The molecule has 0 radical (unpaired) electrons. The average Bonchev–Trinajstić information content (AvgIpc) is 2.68. The minimum absolute atomic E-state index is 0.721. The summed E-state index contributed by atoms with van der Waals surface area (Å²) in [7, 11) is 1.92. The van der Waals surface area contributed by atoms with Crippen LogP contribution in [0.4, 0.5) is 0 Å². The molecule has 0 aliphatic rings. The van der Waals surface area contributed by atoms with Crippen molar-refractivity contribution in [1.29, 1.82) is 0 Å². The summed E-state index contributed by atoms with van der Waals surface area (Å²) in [6, 6.07) is 2.00. The zero-order chi connectivity index (χ0) is 11.0. The van der Waals surface area contributed by atoms with Crippen molar-refractivity contribution in [3.63, 3.8) is 0 Å². The summed E-state index contributed by atoms with van der Waals surface area (Å²) in [6.45, 7) is 4.76. The Morgan fingerprint density at radius 1 is 1.33 bits per heavy atom. The highest BCUT2D eigenvalue weighted by Gasteiger charge is 2.09. The lowest BCUT2D eigenvalue weighted by molar-refractivity contribution is 0.630. The van der Waals surface area contributed by atoms with Gasteiger partial charge in [-0.2, -0.15) is 10.2 Å². The Hall–Kier alpha value is -1.10. The van der Waals surface area contributed by atoms with Gasteiger partial charge in [-0.1, -0.05) is 0 Å². The molecule has 0 unspecified atom stereocenters. The number of halogens is 1. The van der Waals surface area contributed by atoms with E-state index in [0.717, 1.165) is 28.1 Å². The molecule has 4 nitrogen and oxygen atoms in total. The number of nitrogens with zero attached hydrogens (tertiary/aromatic N) is 4. The lowest BCUT2D eigenvalue weighted by atomic mass is 10.4. The smallest absolute Gasteiger partial charge is 0.0853 e. The van der Waals surface area contributed by atoms with Crippen LogP contribution in [-0.2, 0) is 13.6 Å². The van der Waals surface area contributed by atoms with E-state index in [1.165, 1.54) is 0 Å². The standard InChI is InChI=1S/C10H13BrN4/c1-7-10(11)8(2)15(12-7)6-9-4-5-14(3)13-9/h4-5H,6H2,1-3H3. The predicted molar refractivity (Wildman–Crippen MR) is 61.7 cm³/mol. The molecule has 0 atom stereocenters. The van der Waals surface area contributed by atoms with Gasteiger partial charge in [0.15, 0.2) is 0 Å². The first-order valence-corrected chi connectivity index (χ1v) is 5.55. The third-order valence-corrected chi connectivity index (χ3v) is 3.52. The number of aromatic nitrogens is 4. The van der Waals surface area contributed by atoms with Gasteiger partial charge in [-0.05, 0) is 35.8 Å². The van der Waals surface area contributed by atoms with Gasteiger partial charge in [0.2, 0.25) is 0 Å². The fourth-order valence-corrected chi connectivity index (χ4v) is 1.81. The molecule has 0 spiro atoms. The van der Waals surface area contributed by atoms with E-state index in [0.29, 0.717) is 0 Å². The monoisotopic (exact) mass is 268 g/mol. The molecule has 2 aromatic heterocycles. The van der Waals surface area contributed by atoms with Gasteiger partial charge < -0.3 is 0 Å². The Morgan fingerprint density at radius 2 is 2.07 bits per heavy atom. The second-order valence-corrected chi connectivity index (χ2v) is 4.42. The molecule has 0 amide bonds. The maximum absolute atomic E-state index is 4.43. The SMILES string of the molecule is Cc1nn(Cc2ccn(C)n2)c(C)c1Br. The van der Waals surface area contributed by atoms with Crippen LogP contribution < -0.4 is 0 Å². The average molecular weight is 269 g/mol. The molecule has 0 N–H and O–H groups in total. The van der Waals surface area contributed by atoms with Crippen molar-refractivity contribution in [3.05, 3.63) is 33.8 Å². The molecule has 15 heavy (non-hydrogen) atoms. The van der Waals surface area contributed by atoms with Gasteiger partial charge in [0.25, 0.3) is 0 Å². The van der Waals surface area contributed by atoms with Gasteiger partial charge in [-0.15, -0.1) is 0 Å². The van der Waals surface area contributed by atoms with E-state index in [1.54, 1.807) is 4.68 Å². The molecule has 2 rings (SSSR count). The first-order valence-electron chi connectivity index (χ1n) is 4.76. The molecule has 0 saturated carbocycles. The largest absolute Gasteiger partial charge is 0.275 e. The lowest BCUT2D eigenvalue weighted by Crippen LogP contribution is -2.05. The number of rotatable bonds is 2. The van der Waals surface area contributed by atoms with Gasteiger partial charge in [0, 0.05) is 13.2 Å². The molecule has 5 heteroatoms. The summed E-state index contributed by atoms with van der Waals surface area (Å²) in [5.41, 5.74) is 3.18. The highest BCUT2D eigenvalue weighted by atomic mass is 79.9. The molecule has 0 aliphatic carbocycles. The quantitative estimate of drug-likeness (QED) is 0.836. The molecular weight excluding hydrogens is 256 g/mol. The Kier molecular flexibility index (Phi) is 2.65. The highest BCUT2D eigenvalue weighted by Crippen LogP contribution is 2.20. The predicted octanol–water partition coefficient (Wildman–Crippen LogP) is 2.04. The lowest BCUT2D eigenvalue weighted by Gasteiger charge is -2.00. The summed E-state index contributed by atoms with van der Waals surface area (Å²) in [4.78, 5) is 0. The maximum Gasteiger partial charge on any atom is 0.0853 e. The van der Waals surface area contributed by atoms with E-state index >= 15 is 0 Å². The summed E-state index contributed by atoms with van der Waals surface area (Å²) < 4.78 is 4.84. The van der Waals surface area contributed by atoms with Crippen LogP contribution in [-0.4, -0.2) is 19.6 Å². The molecule has 0 bridgehead atoms. The molecule has 80 valence electrons. The Morgan fingerprint density at radius 3 is 2.53 bits per heavy atom. The van der Waals surface area contributed by atoms with Crippen LogP contribution in [0.2, 0.25) is 0 Å². The fourth-order valence-electron chi connectivity index (χ4n) is 1.53. The first-order chi connectivity index (χ1) is 7.08. The van der Waals surface area contributed by atoms with Gasteiger partial charge in [0.1, 0.15) is 0 Å². The highest BCUT2D eigenvalue weighted by molar-refractivity contribution is 9.10. The van der Waals surface area contributed by atoms with E-state index in [-0.39, 0.29) is 0 Å². The molecule has 0 saturated heterocycles. The number of aryl methyl sites for hydroxylation is 2. The van der Waals surface area contributed by atoms with Crippen LogP contribution in [0, 0.1) is 13.8 Å².